The van der Waals surface area contributed by atoms with Gasteiger partial charge in [-0.05, 0) is 42.8 Å². The second-order valence-corrected chi connectivity index (χ2v) is 8.51. The lowest BCUT2D eigenvalue weighted by Gasteiger charge is -2.25. The molecule has 6 nitrogen and oxygen atoms in total. The molecule has 0 saturated heterocycles. The van der Waals surface area contributed by atoms with Gasteiger partial charge in [-0.1, -0.05) is 35.3 Å². The first kappa shape index (κ1) is 18.8. The zero-order valence-electron chi connectivity index (χ0n) is 14.0. The average molecular weight is 411 g/mol. The van der Waals surface area contributed by atoms with Crippen molar-refractivity contribution in [3.05, 3.63) is 70.7 Å². The highest BCUT2D eigenvalue weighted by atomic mass is 35.5. The third kappa shape index (κ3) is 3.61. The van der Waals surface area contributed by atoms with E-state index >= 15 is 0 Å². The number of aromatic nitrogens is 3. The van der Waals surface area contributed by atoms with Crippen molar-refractivity contribution >= 4 is 33.2 Å². The van der Waals surface area contributed by atoms with Crippen LogP contribution in [0.3, 0.4) is 0 Å². The summed E-state index contributed by atoms with van der Waals surface area (Å²) in [6, 6.07) is 11.4. The van der Waals surface area contributed by atoms with Crippen LogP contribution < -0.4 is 0 Å². The van der Waals surface area contributed by atoms with Gasteiger partial charge < -0.3 is 0 Å². The summed E-state index contributed by atoms with van der Waals surface area (Å²) in [6.07, 6.45) is 3.04. The van der Waals surface area contributed by atoms with Gasteiger partial charge in [0.1, 0.15) is 17.6 Å². The van der Waals surface area contributed by atoms with Gasteiger partial charge >= 0.3 is 0 Å². The Balaban J connectivity index is 1.89. The van der Waals surface area contributed by atoms with Gasteiger partial charge in [0.15, 0.2) is 0 Å². The van der Waals surface area contributed by atoms with E-state index in [2.05, 4.69) is 10.1 Å². The molecule has 0 aliphatic rings. The Morgan fingerprint density at radius 1 is 1.12 bits per heavy atom. The summed E-state index contributed by atoms with van der Waals surface area (Å²) in [5, 5.41) is 4.51. The van der Waals surface area contributed by atoms with Gasteiger partial charge in [0, 0.05) is 18.1 Å². The van der Waals surface area contributed by atoms with Gasteiger partial charge in [0.25, 0.3) is 0 Å². The molecule has 2 aromatic carbocycles. The van der Waals surface area contributed by atoms with Crippen LogP contribution >= 0.6 is 23.2 Å². The molecular formula is C17H16Cl2N4O2S. The van der Waals surface area contributed by atoms with Gasteiger partial charge in [0.2, 0.25) is 10.0 Å². The molecule has 0 radical (unpaired) electrons. The van der Waals surface area contributed by atoms with E-state index in [9.17, 15) is 8.42 Å². The van der Waals surface area contributed by atoms with Gasteiger partial charge in [-0.3, -0.25) is 0 Å². The SMILES string of the molecule is C[C@@H](c1ccc(-n2cncn2)cc1)N(C)S(=O)(=O)c1cc(Cl)ccc1Cl. The number of halogens is 2. The fourth-order valence-corrected chi connectivity index (χ4v) is 4.58. The summed E-state index contributed by atoms with van der Waals surface area (Å²) >= 11 is 12.0. The fourth-order valence-electron chi connectivity index (χ4n) is 2.50. The van der Waals surface area contributed by atoms with Crippen LogP contribution in [0.4, 0.5) is 0 Å². The number of hydrogen-bond donors (Lipinski definition) is 0. The van der Waals surface area contributed by atoms with Crippen molar-refractivity contribution in [3.63, 3.8) is 0 Å². The summed E-state index contributed by atoms with van der Waals surface area (Å²) in [5.74, 6) is 0. The van der Waals surface area contributed by atoms with E-state index in [4.69, 9.17) is 23.2 Å². The molecule has 9 heteroatoms. The maximum atomic E-state index is 12.9. The maximum absolute atomic E-state index is 12.9. The van der Waals surface area contributed by atoms with E-state index in [1.165, 1.54) is 29.8 Å². The largest absolute Gasteiger partial charge is 0.244 e. The minimum atomic E-state index is -3.80. The Morgan fingerprint density at radius 2 is 1.81 bits per heavy atom. The van der Waals surface area contributed by atoms with Crippen LogP contribution in [-0.2, 0) is 10.0 Å². The Kier molecular flexibility index (Phi) is 5.34. The van der Waals surface area contributed by atoms with Crippen molar-refractivity contribution in [1.29, 1.82) is 0 Å². The monoisotopic (exact) mass is 410 g/mol. The zero-order chi connectivity index (χ0) is 18.9. The third-order valence-electron chi connectivity index (χ3n) is 4.15. The molecule has 136 valence electrons. The Labute approximate surface area is 162 Å². The van der Waals surface area contributed by atoms with E-state index in [1.54, 1.807) is 24.0 Å². The molecule has 3 rings (SSSR count). The molecule has 1 aromatic heterocycles. The first-order chi connectivity index (χ1) is 12.3. The average Bonchev–Trinajstić information content (AvgIpc) is 3.17. The van der Waals surface area contributed by atoms with E-state index < -0.39 is 16.1 Å². The van der Waals surface area contributed by atoms with Crippen molar-refractivity contribution in [2.24, 2.45) is 0 Å². The molecule has 1 atom stereocenters. The third-order valence-corrected chi connectivity index (χ3v) is 6.80. The van der Waals surface area contributed by atoms with Crippen LogP contribution in [0.25, 0.3) is 5.69 Å². The Hall–Kier alpha value is -1.93. The second-order valence-electron chi connectivity index (χ2n) is 5.70. The normalized spacial score (nSPS) is 13.1. The van der Waals surface area contributed by atoms with Crippen molar-refractivity contribution in [1.82, 2.24) is 19.1 Å². The molecule has 0 aliphatic carbocycles. The van der Waals surface area contributed by atoms with Crippen molar-refractivity contribution < 1.29 is 8.42 Å². The molecular weight excluding hydrogens is 395 g/mol. The summed E-state index contributed by atoms with van der Waals surface area (Å²) in [4.78, 5) is 3.89. The molecule has 0 unspecified atom stereocenters. The Morgan fingerprint density at radius 3 is 2.42 bits per heavy atom. The molecule has 0 amide bonds. The van der Waals surface area contributed by atoms with Crippen LogP contribution in [0, 0.1) is 0 Å². The summed E-state index contributed by atoms with van der Waals surface area (Å²) in [6.45, 7) is 1.81. The molecule has 3 aromatic rings. The predicted molar refractivity (Wildman–Crippen MR) is 101 cm³/mol. The molecule has 0 spiro atoms. The number of rotatable bonds is 5. The molecule has 0 fully saturated rings. The van der Waals surface area contributed by atoms with Crippen LogP contribution in [0.1, 0.15) is 18.5 Å². The molecule has 0 N–H and O–H groups in total. The first-order valence-corrected chi connectivity index (χ1v) is 9.88. The molecule has 26 heavy (non-hydrogen) atoms. The summed E-state index contributed by atoms with van der Waals surface area (Å²) in [5.41, 5.74) is 1.67. The first-order valence-electron chi connectivity index (χ1n) is 7.69. The van der Waals surface area contributed by atoms with Gasteiger partial charge in [0.05, 0.1) is 10.7 Å². The van der Waals surface area contributed by atoms with Gasteiger partial charge in [-0.2, -0.15) is 9.40 Å². The van der Waals surface area contributed by atoms with Crippen LogP contribution in [-0.4, -0.2) is 34.5 Å². The molecule has 0 saturated carbocycles. The molecule has 1 heterocycles. The predicted octanol–water partition coefficient (Wildman–Crippen LogP) is 3.96. The smallest absolute Gasteiger partial charge is 0.223 e. The zero-order valence-corrected chi connectivity index (χ0v) is 16.4. The van der Waals surface area contributed by atoms with E-state index in [-0.39, 0.29) is 9.92 Å². The van der Waals surface area contributed by atoms with Crippen molar-refractivity contribution in [3.8, 4) is 5.69 Å². The van der Waals surface area contributed by atoms with Crippen LogP contribution in [0.5, 0.6) is 0 Å². The number of nitrogens with zero attached hydrogens (tertiary/aromatic N) is 4. The van der Waals surface area contributed by atoms with Gasteiger partial charge in [-0.25, -0.2) is 18.1 Å². The summed E-state index contributed by atoms with van der Waals surface area (Å²) in [7, 11) is -2.29. The highest BCUT2D eigenvalue weighted by Crippen LogP contribution is 2.31. The van der Waals surface area contributed by atoms with Crippen molar-refractivity contribution in [2.75, 3.05) is 7.05 Å². The number of benzene rings is 2. The number of hydrogen-bond acceptors (Lipinski definition) is 4. The number of sulfonamides is 1. The second kappa shape index (κ2) is 7.36. The maximum Gasteiger partial charge on any atom is 0.244 e. The quantitative estimate of drug-likeness (QED) is 0.638. The lowest BCUT2D eigenvalue weighted by atomic mass is 10.1. The van der Waals surface area contributed by atoms with Crippen LogP contribution in [0.2, 0.25) is 10.0 Å². The van der Waals surface area contributed by atoms with Crippen LogP contribution in [0.15, 0.2) is 60.0 Å². The van der Waals surface area contributed by atoms with E-state index in [0.29, 0.717) is 5.02 Å². The Bertz CT molecular complexity index is 1010. The van der Waals surface area contributed by atoms with E-state index in [0.717, 1.165) is 11.3 Å². The fraction of sp³-hybridized carbons (Fsp3) is 0.176. The lowest BCUT2D eigenvalue weighted by molar-refractivity contribution is 0.398. The highest BCUT2D eigenvalue weighted by molar-refractivity contribution is 7.89. The molecule has 0 aliphatic heterocycles. The minimum absolute atomic E-state index is 0.0137. The van der Waals surface area contributed by atoms with Crippen molar-refractivity contribution in [2.45, 2.75) is 17.9 Å². The molecule has 0 bridgehead atoms. The van der Waals surface area contributed by atoms with Gasteiger partial charge in [-0.15, -0.1) is 0 Å². The van der Waals surface area contributed by atoms with E-state index in [1.807, 2.05) is 24.3 Å². The lowest BCUT2D eigenvalue weighted by Crippen LogP contribution is -2.30. The summed E-state index contributed by atoms with van der Waals surface area (Å²) < 4.78 is 28.8. The highest BCUT2D eigenvalue weighted by Gasteiger charge is 2.28. The standard InChI is InChI=1S/C17H16Cl2N4O2S/c1-12(13-3-6-15(7-4-13)23-11-20-10-21-23)22(2)26(24,25)17-9-14(18)5-8-16(17)19/h3-12H,1-2H3/t12-/m0/s1. The topological polar surface area (TPSA) is 68.1 Å². The minimum Gasteiger partial charge on any atom is -0.223 e.